The third kappa shape index (κ3) is 1.85. The van der Waals surface area contributed by atoms with E-state index in [1.807, 2.05) is 22.9 Å². The lowest BCUT2D eigenvalue weighted by atomic mass is 10.2. The second kappa shape index (κ2) is 4.30. The van der Waals surface area contributed by atoms with E-state index in [2.05, 4.69) is 4.98 Å². The van der Waals surface area contributed by atoms with Gasteiger partial charge in [0.15, 0.2) is 6.29 Å². The van der Waals surface area contributed by atoms with Crippen LogP contribution in [0.25, 0.3) is 11.0 Å². The first-order valence-corrected chi connectivity index (χ1v) is 5.89. The topological polar surface area (TPSA) is 44.1 Å². The van der Waals surface area contributed by atoms with Crippen molar-refractivity contribution >= 4 is 17.3 Å². The molecule has 1 aliphatic heterocycles. The van der Waals surface area contributed by atoms with Crippen molar-refractivity contribution in [3.8, 4) is 0 Å². The predicted molar refractivity (Wildman–Crippen MR) is 64.1 cm³/mol. The molecule has 2 aromatic heterocycles. The zero-order valence-electron chi connectivity index (χ0n) is 9.50. The van der Waals surface area contributed by atoms with Crippen LogP contribution in [0.1, 0.15) is 23.2 Å². The molecule has 4 heteroatoms. The van der Waals surface area contributed by atoms with Gasteiger partial charge in [-0.05, 0) is 25.0 Å². The van der Waals surface area contributed by atoms with E-state index in [0.29, 0.717) is 5.56 Å². The molecular weight excluding hydrogens is 216 g/mol. The minimum Gasteiger partial charge on any atom is -0.376 e. The zero-order chi connectivity index (χ0) is 11.7. The van der Waals surface area contributed by atoms with Crippen molar-refractivity contribution in [1.82, 2.24) is 9.55 Å². The van der Waals surface area contributed by atoms with Gasteiger partial charge in [0.05, 0.1) is 12.6 Å². The van der Waals surface area contributed by atoms with Crippen LogP contribution in [0.3, 0.4) is 0 Å². The number of carbonyl (C=O) groups excluding carboxylic acids is 1. The van der Waals surface area contributed by atoms with E-state index in [0.717, 1.165) is 43.3 Å². The molecule has 0 aromatic carbocycles. The molecule has 0 saturated carbocycles. The molecule has 4 nitrogen and oxygen atoms in total. The Labute approximate surface area is 99.2 Å². The highest BCUT2D eigenvalue weighted by atomic mass is 16.5. The summed E-state index contributed by atoms with van der Waals surface area (Å²) in [5.74, 6) is 0. The van der Waals surface area contributed by atoms with Crippen LogP contribution in [0.2, 0.25) is 0 Å². The van der Waals surface area contributed by atoms with Crippen LogP contribution in [-0.2, 0) is 11.3 Å². The van der Waals surface area contributed by atoms with Gasteiger partial charge in [0.25, 0.3) is 0 Å². The number of aldehydes is 1. The number of fused-ring (bicyclic) bond motifs is 1. The summed E-state index contributed by atoms with van der Waals surface area (Å²) in [5, 5.41) is 0.917. The van der Waals surface area contributed by atoms with Crippen molar-refractivity contribution in [1.29, 1.82) is 0 Å². The van der Waals surface area contributed by atoms with Gasteiger partial charge in [-0.3, -0.25) is 4.79 Å². The van der Waals surface area contributed by atoms with Gasteiger partial charge in [0.1, 0.15) is 5.65 Å². The van der Waals surface area contributed by atoms with Gasteiger partial charge >= 0.3 is 0 Å². The highest BCUT2D eigenvalue weighted by molar-refractivity contribution is 5.95. The first-order valence-electron chi connectivity index (χ1n) is 5.89. The monoisotopic (exact) mass is 230 g/mol. The molecule has 1 atom stereocenters. The summed E-state index contributed by atoms with van der Waals surface area (Å²) in [6.07, 6.45) is 6.97. The maximum Gasteiger partial charge on any atom is 0.152 e. The Morgan fingerprint density at radius 1 is 1.59 bits per heavy atom. The summed E-state index contributed by atoms with van der Waals surface area (Å²) in [6, 6.07) is 3.78. The second-order valence-electron chi connectivity index (χ2n) is 4.36. The van der Waals surface area contributed by atoms with Crippen LogP contribution in [0.4, 0.5) is 0 Å². The van der Waals surface area contributed by atoms with E-state index in [4.69, 9.17) is 4.74 Å². The summed E-state index contributed by atoms with van der Waals surface area (Å²) < 4.78 is 7.63. The summed E-state index contributed by atoms with van der Waals surface area (Å²) in [4.78, 5) is 15.3. The number of hydrogen-bond donors (Lipinski definition) is 0. The molecular formula is C13H14N2O2. The lowest BCUT2D eigenvalue weighted by Gasteiger charge is -2.10. The van der Waals surface area contributed by atoms with Gasteiger partial charge in [0, 0.05) is 30.0 Å². The lowest BCUT2D eigenvalue weighted by Crippen LogP contribution is -2.14. The van der Waals surface area contributed by atoms with Crippen LogP contribution in [0.5, 0.6) is 0 Å². The van der Waals surface area contributed by atoms with Gasteiger partial charge in [-0.1, -0.05) is 0 Å². The Kier molecular flexibility index (Phi) is 2.65. The van der Waals surface area contributed by atoms with Crippen LogP contribution < -0.4 is 0 Å². The first-order chi connectivity index (χ1) is 8.38. The van der Waals surface area contributed by atoms with Gasteiger partial charge in [-0.25, -0.2) is 4.98 Å². The normalized spacial score (nSPS) is 19.9. The minimum atomic E-state index is 0.257. The van der Waals surface area contributed by atoms with Crippen LogP contribution in [-0.4, -0.2) is 28.5 Å². The molecule has 0 radical (unpaired) electrons. The quantitative estimate of drug-likeness (QED) is 0.758. The molecule has 0 bridgehead atoms. The number of rotatable bonds is 3. The van der Waals surface area contributed by atoms with Gasteiger partial charge < -0.3 is 9.30 Å². The summed E-state index contributed by atoms with van der Waals surface area (Å²) >= 11 is 0. The molecule has 2 aromatic rings. The molecule has 17 heavy (non-hydrogen) atoms. The molecule has 0 aliphatic carbocycles. The maximum absolute atomic E-state index is 11.0. The molecule has 0 amide bonds. The van der Waals surface area contributed by atoms with Crippen LogP contribution in [0, 0.1) is 0 Å². The summed E-state index contributed by atoms with van der Waals surface area (Å²) in [6.45, 7) is 1.62. The number of hydrogen-bond acceptors (Lipinski definition) is 3. The zero-order valence-corrected chi connectivity index (χ0v) is 9.50. The maximum atomic E-state index is 11.0. The van der Waals surface area contributed by atoms with Gasteiger partial charge in [-0.2, -0.15) is 0 Å². The fourth-order valence-electron chi connectivity index (χ4n) is 2.39. The smallest absolute Gasteiger partial charge is 0.152 e. The van der Waals surface area contributed by atoms with Crippen molar-refractivity contribution in [2.75, 3.05) is 6.61 Å². The fraction of sp³-hybridized carbons (Fsp3) is 0.385. The molecule has 3 heterocycles. The van der Waals surface area contributed by atoms with E-state index >= 15 is 0 Å². The second-order valence-corrected chi connectivity index (χ2v) is 4.36. The van der Waals surface area contributed by atoms with Gasteiger partial charge in [0.2, 0.25) is 0 Å². The van der Waals surface area contributed by atoms with E-state index in [-0.39, 0.29) is 6.10 Å². The Balaban J connectivity index is 2.00. The standard InChI is InChI=1S/C13H14N2O2/c16-9-10-7-15(8-11-3-2-6-17-11)13-12(10)4-1-5-14-13/h1,4-5,7,9,11H,2-3,6,8H2. The number of ether oxygens (including phenoxy) is 1. The Hall–Kier alpha value is -1.68. The Bertz CT molecular complexity index is 541. The fourth-order valence-corrected chi connectivity index (χ4v) is 2.39. The number of pyridine rings is 1. The SMILES string of the molecule is O=Cc1cn(CC2CCCO2)c2ncccc12. The van der Waals surface area contributed by atoms with Gasteiger partial charge in [-0.15, -0.1) is 0 Å². The Morgan fingerprint density at radius 2 is 2.53 bits per heavy atom. The molecule has 88 valence electrons. The van der Waals surface area contributed by atoms with E-state index in [9.17, 15) is 4.79 Å². The molecule has 1 aliphatic rings. The van der Waals surface area contributed by atoms with Crippen molar-refractivity contribution in [2.24, 2.45) is 0 Å². The summed E-state index contributed by atoms with van der Waals surface area (Å²) in [7, 11) is 0. The Morgan fingerprint density at radius 3 is 3.29 bits per heavy atom. The van der Waals surface area contributed by atoms with Crippen molar-refractivity contribution in [2.45, 2.75) is 25.5 Å². The average molecular weight is 230 g/mol. The van der Waals surface area contributed by atoms with Crippen molar-refractivity contribution < 1.29 is 9.53 Å². The molecule has 3 rings (SSSR count). The highest BCUT2D eigenvalue weighted by Crippen LogP contribution is 2.21. The number of carbonyl (C=O) groups is 1. The number of aromatic nitrogens is 2. The molecule has 1 fully saturated rings. The minimum absolute atomic E-state index is 0.257. The summed E-state index contributed by atoms with van der Waals surface area (Å²) in [5.41, 5.74) is 1.57. The molecule has 1 unspecified atom stereocenters. The van der Waals surface area contributed by atoms with Crippen molar-refractivity contribution in [3.05, 3.63) is 30.1 Å². The average Bonchev–Trinajstić information content (AvgIpc) is 2.98. The lowest BCUT2D eigenvalue weighted by molar-refractivity contribution is 0.0977. The molecule has 0 N–H and O–H groups in total. The first kappa shape index (κ1) is 10.5. The van der Waals surface area contributed by atoms with E-state index in [1.165, 1.54) is 0 Å². The van der Waals surface area contributed by atoms with Crippen LogP contribution in [0.15, 0.2) is 24.5 Å². The van der Waals surface area contributed by atoms with Crippen molar-refractivity contribution in [3.63, 3.8) is 0 Å². The predicted octanol–water partition coefficient (Wildman–Crippen LogP) is 2.03. The van der Waals surface area contributed by atoms with E-state index < -0.39 is 0 Å². The largest absolute Gasteiger partial charge is 0.376 e. The molecule has 0 spiro atoms. The molecule has 1 saturated heterocycles. The third-order valence-electron chi connectivity index (χ3n) is 3.22. The third-order valence-corrected chi connectivity index (χ3v) is 3.22. The van der Waals surface area contributed by atoms with E-state index in [1.54, 1.807) is 6.20 Å². The van der Waals surface area contributed by atoms with Crippen LogP contribution >= 0.6 is 0 Å². The highest BCUT2D eigenvalue weighted by Gasteiger charge is 2.18. The number of nitrogens with zero attached hydrogens (tertiary/aromatic N) is 2.